The predicted molar refractivity (Wildman–Crippen MR) is 93.7 cm³/mol. The van der Waals surface area contributed by atoms with Gasteiger partial charge in [0.1, 0.15) is 0 Å². The number of thioether (sulfide) groups is 1. The molecule has 3 rings (SSSR count). The molecule has 1 N–H and O–H groups in total. The van der Waals surface area contributed by atoms with E-state index in [2.05, 4.69) is 27.0 Å². The Bertz CT molecular complexity index is 634. The summed E-state index contributed by atoms with van der Waals surface area (Å²) in [5.41, 5.74) is 0. The second-order valence-electron chi connectivity index (χ2n) is 5.46. The van der Waals surface area contributed by atoms with Crippen LogP contribution in [0.3, 0.4) is 0 Å². The minimum absolute atomic E-state index is 0.171. The Kier molecular flexibility index (Phi) is 5.34. The van der Waals surface area contributed by atoms with Crippen LogP contribution >= 0.6 is 23.1 Å². The zero-order valence-corrected chi connectivity index (χ0v) is 15.0. The van der Waals surface area contributed by atoms with Gasteiger partial charge < -0.3 is 9.80 Å². The molecule has 6 nitrogen and oxygen atoms in total. The molecule has 0 aliphatic carbocycles. The zero-order chi connectivity index (χ0) is 16.2. The number of H-pyrrole nitrogens is 1. The van der Waals surface area contributed by atoms with Crippen molar-refractivity contribution in [1.82, 2.24) is 25.0 Å². The molecular formula is C15H21N5OS2. The first-order valence-electron chi connectivity index (χ1n) is 7.81. The van der Waals surface area contributed by atoms with Gasteiger partial charge in [0.25, 0.3) is 0 Å². The van der Waals surface area contributed by atoms with Gasteiger partial charge in [-0.3, -0.25) is 9.89 Å². The fourth-order valence-corrected chi connectivity index (χ4v) is 4.04. The highest BCUT2D eigenvalue weighted by molar-refractivity contribution is 8.00. The maximum atomic E-state index is 12.6. The van der Waals surface area contributed by atoms with Crippen molar-refractivity contribution in [2.45, 2.75) is 24.3 Å². The van der Waals surface area contributed by atoms with Gasteiger partial charge in [-0.15, -0.1) is 16.4 Å². The molecule has 2 aromatic heterocycles. The number of amides is 1. The van der Waals surface area contributed by atoms with E-state index < -0.39 is 0 Å². The molecule has 0 saturated carbocycles. The molecule has 23 heavy (non-hydrogen) atoms. The summed E-state index contributed by atoms with van der Waals surface area (Å²) >= 11 is 3.03. The fraction of sp³-hybridized carbons (Fsp3) is 0.533. The third-order valence-electron chi connectivity index (χ3n) is 3.98. The van der Waals surface area contributed by atoms with Gasteiger partial charge >= 0.3 is 0 Å². The van der Waals surface area contributed by atoms with Gasteiger partial charge in [0.2, 0.25) is 11.1 Å². The molecule has 8 heteroatoms. The van der Waals surface area contributed by atoms with Crippen molar-refractivity contribution in [3.8, 4) is 10.7 Å². The number of carbonyl (C=O) groups is 1. The minimum Gasteiger partial charge on any atom is -0.339 e. The Balaban J connectivity index is 1.56. The molecule has 1 atom stereocenters. The van der Waals surface area contributed by atoms with Gasteiger partial charge in [-0.05, 0) is 24.9 Å². The summed E-state index contributed by atoms with van der Waals surface area (Å²) in [6, 6.07) is 3.98. The summed E-state index contributed by atoms with van der Waals surface area (Å²) in [4.78, 5) is 22.4. The number of nitrogens with zero attached hydrogens (tertiary/aromatic N) is 4. The first-order valence-corrected chi connectivity index (χ1v) is 9.57. The number of aromatic amines is 1. The first-order chi connectivity index (χ1) is 11.2. The number of likely N-dealkylation sites (N-methyl/N-ethyl adjacent to an activating group) is 1. The van der Waals surface area contributed by atoms with E-state index in [1.165, 1.54) is 11.8 Å². The quantitative estimate of drug-likeness (QED) is 0.837. The maximum Gasteiger partial charge on any atom is 0.235 e. The lowest BCUT2D eigenvalue weighted by Crippen LogP contribution is -2.50. The van der Waals surface area contributed by atoms with Crippen molar-refractivity contribution >= 4 is 29.0 Å². The molecule has 0 bridgehead atoms. The third-order valence-corrected chi connectivity index (χ3v) is 5.81. The lowest BCUT2D eigenvalue weighted by Gasteiger charge is -2.35. The molecular weight excluding hydrogens is 330 g/mol. The Labute approximate surface area is 144 Å². The summed E-state index contributed by atoms with van der Waals surface area (Å²) in [5.74, 6) is 0.937. The smallest absolute Gasteiger partial charge is 0.235 e. The van der Waals surface area contributed by atoms with Gasteiger partial charge in [-0.25, -0.2) is 4.98 Å². The molecule has 0 aromatic carbocycles. The number of nitrogens with one attached hydrogen (secondary N) is 1. The molecule has 0 unspecified atom stereocenters. The van der Waals surface area contributed by atoms with Crippen LogP contribution in [0.2, 0.25) is 0 Å². The van der Waals surface area contributed by atoms with Gasteiger partial charge in [-0.2, -0.15) is 0 Å². The van der Waals surface area contributed by atoms with Gasteiger partial charge in [-0.1, -0.05) is 24.8 Å². The van der Waals surface area contributed by atoms with Crippen LogP contribution in [0.4, 0.5) is 0 Å². The second kappa shape index (κ2) is 7.46. The number of piperazine rings is 1. The van der Waals surface area contributed by atoms with Crippen molar-refractivity contribution in [3.05, 3.63) is 17.5 Å². The van der Waals surface area contributed by atoms with E-state index in [4.69, 9.17) is 0 Å². The van der Waals surface area contributed by atoms with Crippen LogP contribution in [0.15, 0.2) is 22.7 Å². The number of hydrogen-bond donors (Lipinski definition) is 1. The minimum atomic E-state index is -0.171. The topological polar surface area (TPSA) is 65.1 Å². The Morgan fingerprint density at radius 2 is 2.22 bits per heavy atom. The van der Waals surface area contributed by atoms with Crippen LogP contribution in [0, 0.1) is 0 Å². The molecule has 3 heterocycles. The van der Waals surface area contributed by atoms with E-state index >= 15 is 0 Å². The van der Waals surface area contributed by atoms with Gasteiger partial charge in [0, 0.05) is 26.2 Å². The summed E-state index contributed by atoms with van der Waals surface area (Å²) in [6.07, 6.45) is 0. The first kappa shape index (κ1) is 16.5. The number of rotatable bonds is 5. The monoisotopic (exact) mass is 351 g/mol. The van der Waals surface area contributed by atoms with Crippen molar-refractivity contribution in [1.29, 1.82) is 0 Å². The van der Waals surface area contributed by atoms with Crippen LogP contribution in [0.5, 0.6) is 0 Å². The van der Waals surface area contributed by atoms with Crippen LogP contribution in [-0.2, 0) is 4.79 Å². The van der Waals surface area contributed by atoms with E-state index in [1.807, 2.05) is 29.3 Å². The summed E-state index contributed by atoms with van der Waals surface area (Å²) in [7, 11) is 0. The molecule has 1 aliphatic rings. The summed E-state index contributed by atoms with van der Waals surface area (Å²) < 4.78 is 0. The van der Waals surface area contributed by atoms with Crippen LogP contribution < -0.4 is 0 Å². The van der Waals surface area contributed by atoms with E-state index in [0.29, 0.717) is 5.16 Å². The lowest BCUT2D eigenvalue weighted by molar-refractivity contribution is -0.132. The molecule has 0 spiro atoms. The third kappa shape index (κ3) is 3.94. The van der Waals surface area contributed by atoms with E-state index in [9.17, 15) is 4.79 Å². The van der Waals surface area contributed by atoms with Gasteiger partial charge in [0.15, 0.2) is 5.82 Å². The predicted octanol–water partition coefficient (Wildman–Crippen LogP) is 2.18. The highest BCUT2D eigenvalue weighted by atomic mass is 32.2. The molecule has 1 fully saturated rings. The van der Waals surface area contributed by atoms with Crippen molar-refractivity contribution in [3.63, 3.8) is 0 Å². The molecule has 1 aliphatic heterocycles. The fourth-order valence-electron chi connectivity index (χ4n) is 2.57. The van der Waals surface area contributed by atoms with E-state index in [0.717, 1.165) is 43.4 Å². The molecule has 124 valence electrons. The maximum absolute atomic E-state index is 12.6. The SMILES string of the molecule is CCN1CCN(C(=O)[C@@H](C)Sc2n[nH]c(-c3cccs3)n2)CC1. The number of hydrogen-bond acceptors (Lipinski definition) is 6. The Hall–Kier alpha value is -1.38. The lowest BCUT2D eigenvalue weighted by atomic mass is 10.3. The summed E-state index contributed by atoms with van der Waals surface area (Å²) in [5, 5.41) is 9.62. The van der Waals surface area contributed by atoms with Crippen LogP contribution in [0.25, 0.3) is 10.7 Å². The average Bonchev–Trinajstić information content (AvgIpc) is 3.25. The number of thiophene rings is 1. The normalized spacial score (nSPS) is 17.4. The Morgan fingerprint density at radius 1 is 1.43 bits per heavy atom. The highest BCUT2D eigenvalue weighted by Crippen LogP contribution is 2.26. The van der Waals surface area contributed by atoms with Gasteiger partial charge in [0.05, 0.1) is 10.1 Å². The van der Waals surface area contributed by atoms with Crippen molar-refractivity contribution in [2.75, 3.05) is 32.7 Å². The summed E-state index contributed by atoms with van der Waals surface area (Å²) in [6.45, 7) is 8.68. The van der Waals surface area contributed by atoms with Crippen molar-refractivity contribution < 1.29 is 4.79 Å². The number of carbonyl (C=O) groups excluding carboxylic acids is 1. The zero-order valence-electron chi connectivity index (χ0n) is 13.4. The highest BCUT2D eigenvalue weighted by Gasteiger charge is 2.26. The van der Waals surface area contributed by atoms with Crippen molar-refractivity contribution in [2.24, 2.45) is 0 Å². The number of aromatic nitrogens is 3. The largest absolute Gasteiger partial charge is 0.339 e. The van der Waals surface area contributed by atoms with E-state index in [-0.39, 0.29) is 11.2 Å². The molecule has 1 amide bonds. The Morgan fingerprint density at radius 3 is 2.87 bits per heavy atom. The molecule has 1 saturated heterocycles. The van der Waals surface area contributed by atoms with Crippen LogP contribution in [0.1, 0.15) is 13.8 Å². The average molecular weight is 352 g/mol. The standard InChI is InChI=1S/C15H21N5OS2/c1-3-19-6-8-20(9-7-19)14(21)11(2)23-15-16-13(17-18-15)12-5-4-10-22-12/h4-5,10-11H,3,6-9H2,1-2H3,(H,16,17,18)/t11-/m1/s1. The second-order valence-corrected chi connectivity index (χ2v) is 7.72. The molecule has 0 radical (unpaired) electrons. The van der Waals surface area contributed by atoms with E-state index in [1.54, 1.807) is 11.3 Å². The molecule has 2 aromatic rings. The van der Waals surface area contributed by atoms with Crippen LogP contribution in [-0.4, -0.2) is 68.9 Å².